The van der Waals surface area contributed by atoms with E-state index in [1.54, 1.807) is 0 Å². The molecule has 0 aromatic heterocycles. The molecule has 0 saturated carbocycles. The summed E-state index contributed by atoms with van der Waals surface area (Å²) in [5.74, 6) is 0. The quantitative estimate of drug-likeness (QED) is 0.828. The second-order valence-corrected chi connectivity index (χ2v) is 5.38. The molecule has 0 radical (unpaired) electrons. The summed E-state index contributed by atoms with van der Waals surface area (Å²) in [5.41, 5.74) is 4.42. The molecule has 2 aromatic carbocycles. The van der Waals surface area contributed by atoms with E-state index < -0.39 is 0 Å². The standard InChI is InChI=1S/C16H15BrN2/c1-12-9-13(7-8-18)11-14(10-12)19(2)16-6-4-3-5-15(16)17/h3-6,9-11H,7H2,1-2H3. The molecule has 0 atom stereocenters. The van der Waals surface area contributed by atoms with Crippen LogP contribution in [0.1, 0.15) is 11.1 Å². The van der Waals surface area contributed by atoms with E-state index in [9.17, 15) is 0 Å². The average Bonchev–Trinajstić information content (AvgIpc) is 2.38. The molecule has 0 spiro atoms. The van der Waals surface area contributed by atoms with Crippen LogP contribution in [0.4, 0.5) is 11.4 Å². The SMILES string of the molecule is Cc1cc(CC#N)cc(N(C)c2ccccc2Br)c1. The molecule has 2 rings (SSSR count). The van der Waals surface area contributed by atoms with Crippen LogP contribution >= 0.6 is 15.9 Å². The lowest BCUT2D eigenvalue weighted by atomic mass is 10.1. The number of benzene rings is 2. The lowest BCUT2D eigenvalue weighted by Gasteiger charge is -2.22. The zero-order valence-corrected chi connectivity index (χ0v) is 12.6. The number of anilines is 2. The van der Waals surface area contributed by atoms with Gasteiger partial charge in [-0.15, -0.1) is 0 Å². The summed E-state index contributed by atoms with van der Waals surface area (Å²) in [7, 11) is 2.03. The minimum absolute atomic E-state index is 0.443. The number of hydrogen-bond donors (Lipinski definition) is 0. The fourth-order valence-electron chi connectivity index (χ4n) is 2.09. The molecule has 0 heterocycles. The van der Waals surface area contributed by atoms with Crippen LogP contribution in [-0.4, -0.2) is 7.05 Å². The van der Waals surface area contributed by atoms with Gasteiger partial charge in [0.25, 0.3) is 0 Å². The highest BCUT2D eigenvalue weighted by atomic mass is 79.9. The van der Waals surface area contributed by atoms with Crippen LogP contribution in [0.25, 0.3) is 0 Å². The van der Waals surface area contributed by atoms with Crippen molar-refractivity contribution in [2.45, 2.75) is 13.3 Å². The second-order valence-electron chi connectivity index (χ2n) is 4.52. The summed E-state index contributed by atoms with van der Waals surface area (Å²) in [4.78, 5) is 2.12. The molecule has 0 amide bonds. The van der Waals surface area contributed by atoms with Gasteiger partial charge in [0.15, 0.2) is 0 Å². The zero-order valence-electron chi connectivity index (χ0n) is 11.0. The fourth-order valence-corrected chi connectivity index (χ4v) is 2.64. The molecule has 19 heavy (non-hydrogen) atoms. The van der Waals surface area contributed by atoms with Crippen molar-refractivity contribution in [3.05, 3.63) is 58.1 Å². The first-order valence-electron chi connectivity index (χ1n) is 6.07. The summed E-state index contributed by atoms with van der Waals surface area (Å²) in [6, 6.07) is 16.6. The third kappa shape index (κ3) is 3.15. The summed E-state index contributed by atoms with van der Waals surface area (Å²) < 4.78 is 1.06. The van der Waals surface area contributed by atoms with E-state index in [4.69, 9.17) is 5.26 Å². The molecule has 3 heteroatoms. The van der Waals surface area contributed by atoms with Crippen molar-refractivity contribution in [1.29, 1.82) is 5.26 Å². The Bertz CT molecular complexity index is 629. The second kappa shape index (κ2) is 5.90. The van der Waals surface area contributed by atoms with Gasteiger partial charge >= 0.3 is 0 Å². The van der Waals surface area contributed by atoms with Crippen LogP contribution in [0.5, 0.6) is 0 Å². The van der Waals surface area contributed by atoms with Crippen LogP contribution in [0.3, 0.4) is 0 Å². The number of halogens is 1. The molecule has 2 nitrogen and oxygen atoms in total. The molecule has 2 aromatic rings. The molecule has 0 aliphatic carbocycles. The summed E-state index contributed by atoms with van der Waals surface area (Å²) >= 11 is 3.57. The molecule has 0 unspecified atom stereocenters. The summed E-state index contributed by atoms with van der Waals surface area (Å²) in [6.07, 6.45) is 0.443. The highest BCUT2D eigenvalue weighted by Crippen LogP contribution is 2.31. The maximum atomic E-state index is 8.83. The Labute approximate surface area is 122 Å². The predicted molar refractivity (Wildman–Crippen MR) is 82.7 cm³/mol. The number of nitrogens with zero attached hydrogens (tertiary/aromatic N) is 2. The van der Waals surface area contributed by atoms with E-state index in [1.165, 1.54) is 5.56 Å². The maximum absolute atomic E-state index is 8.83. The van der Waals surface area contributed by atoms with Crippen molar-refractivity contribution in [1.82, 2.24) is 0 Å². The van der Waals surface area contributed by atoms with Gasteiger partial charge in [0.2, 0.25) is 0 Å². The van der Waals surface area contributed by atoms with E-state index in [2.05, 4.69) is 58.1 Å². The van der Waals surface area contributed by atoms with Gasteiger partial charge in [-0.1, -0.05) is 18.2 Å². The van der Waals surface area contributed by atoms with Crippen LogP contribution in [0.2, 0.25) is 0 Å². The third-order valence-corrected chi connectivity index (χ3v) is 3.68. The minimum atomic E-state index is 0.443. The Kier molecular flexibility index (Phi) is 4.24. The molecule has 0 aliphatic heterocycles. The first-order chi connectivity index (χ1) is 9.11. The Hall–Kier alpha value is -1.79. The van der Waals surface area contributed by atoms with Gasteiger partial charge in [0.05, 0.1) is 18.2 Å². The molecular weight excluding hydrogens is 300 g/mol. The Morgan fingerprint density at radius 1 is 1.21 bits per heavy atom. The number of aryl methyl sites for hydroxylation is 1. The molecule has 96 valence electrons. The van der Waals surface area contributed by atoms with Crippen molar-refractivity contribution in [2.24, 2.45) is 0 Å². The van der Waals surface area contributed by atoms with Crippen molar-refractivity contribution >= 4 is 27.3 Å². The molecular formula is C16H15BrN2. The van der Waals surface area contributed by atoms with Gasteiger partial charge in [-0.05, 0) is 58.2 Å². The molecule has 0 N–H and O–H groups in total. The third-order valence-electron chi connectivity index (χ3n) is 3.01. The molecule has 0 fully saturated rings. The Morgan fingerprint density at radius 3 is 2.63 bits per heavy atom. The van der Waals surface area contributed by atoms with Gasteiger partial charge in [-0.3, -0.25) is 0 Å². The van der Waals surface area contributed by atoms with E-state index >= 15 is 0 Å². The monoisotopic (exact) mass is 314 g/mol. The Morgan fingerprint density at radius 2 is 1.95 bits per heavy atom. The van der Waals surface area contributed by atoms with E-state index in [0.29, 0.717) is 6.42 Å². The first kappa shape index (κ1) is 13.6. The van der Waals surface area contributed by atoms with E-state index in [1.807, 2.05) is 25.2 Å². The number of hydrogen-bond acceptors (Lipinski definition) is 2. The largest absolute Gasteiger partial charge is 0.344 e. The Balaban J connectivity index is 2.42. The van der Waals surface area contributed by atoms with Crippen LogP contribution in [0, 0.1) is 18.3 Å². The number of para-hydroxylation sites is 1. The highest BCUT2D eigenvalue weighted by molar-refractivity contribution is 9.10. The van der Waals surface area contributed by atoms with Crippen LogP contribution < -0.4 is 4.90 Å². The maximum Gasteiger partial charge on any atom is 0.0669 e. The van der Waals surface area contributed by atoms with E-state index in [0.717, 1.165) is 21.4 Å². The summed E-state index contributed by atoms with van der Waals surface area (Å²) in [6.45, 7) is 2.05. The van der Waals surface area contributed by atoms with Crippen molar-refractivity contribution in [2.75, 3.05) is 11.9 Å². The van der Waals surface area contributed by atoms with Gasteiger partial charge in [-0.2, -0.15) is 5.26 Å². The zero-order chi connectivity index (χ0) is 13.8. The van der Waals surface area contributed by atoms with Crippen molar-refractivity contribution < 1.29 is 0 Å². The predicted octanol–water partition coefficient (Wildman–Crippen LogP) is 4.59. The molecule has 0 bridgehead atoms. The topological polar surface area (TPSA) is 27.0 Å². The number of rotatable bonds is 3. The first-order valence-corrected chi connectivity index (χ1v) is 6.87. The van der Waals surface area contributed by atoms with Gasteiger partial charge in [0.1, 0.15) is 0 Å². The van der Waals surface area contributed by atoms with Gasteiger partial charge in [-0.25, -0.2) is 0 Å². The van der Waals surface area contributed by atoms with Gasteiger partial charge < -0.3 is 4.90 Å². The van der Waals surface area contributed by atoms with E-state index in [-0.39, 0.29) is 0 Å². The fraction of sp³-hybridized carbons (Fsp3) is 0.188. The summed E-state index contributed by atoms with van der Waals surface area (Å²) in [5, 5.41) is 8.83. The lowest BCUT2D eigenvalue weighted by Crippen LogP contribution is -2.10. The highest BCUT2D eigenvalue weighted by Gasteiger charge is 2.08. The van der Waals surface area contributed by atoms with Crippen LogP contribution in [0.15, 0.2) is 46.9 Å². The van der Waals surface area contributed by atoms with Gasteiger partial charge in [0, 0.05) is 17.2 Å². The van der Waals surface area contributed by atoms with Crippen molar-refractivity contribution in [3.8, 4) is 6.07 Å². The minimum Gasteiger partial charge on any atom is -0.344 e. The smallest absolute Gasteiger partial charge is 0.0669 e. The lowest BCUT2D eigenvalue weighted by molar-refractivity contribution is 1.17. The van der Waals surface area contributed by atoms with Crippen molar-refractivity contribution in [3.63, 3.8) is 0 Å². The number of nitriles is 1. The average molecular weight is 315 g/mol. The molecule has 0 aliphatic rings. The van der Waals surface area contributed by atoms with Crippen LogP contribution in [-0.2, 0) is 6.42 Å². The normalized spacial score (nSPS) is 10.0. The molecule has 0 saturated heterocycles.